The van der Waals surface area contributed by atoms with Gasteiger partial charge >= 0.3 is 0 Å². The second-order valence-corrected chi connectivity index (χ2v) is 8.88. The fourth-order valence-corrected chi connectivity index (χ4v) is 4.35. The van der Waals surface area contributed by atoms with Gasteiger partial charge in [-0.25, -0.2) is 13.1 Å². The van der Waals surface area contributed by atoms with Gasteiger partial charge in [-0.1, -0.05) is 42.5 Å². The van der Waals surface area contributed by atoms with E-state index in [0.717, 1.165) is 16.9 Å². The van der Waals surface area contributed by atoms with E-state index in [1.54, 1.807) is 7.11 Å². The maximum absolute atomic E-state index is 12.9. The number of sulfonamides is 1. The van der Waals surface area contributed by atoms with Crippen LogP contribution in [0, 0.1) is 0 Å². The highest BCUT2D eigenvalue weighted by molar-refractivity contribution is 7.89. The molecule has 0 aliphatic carbocycles. The summed E-state index contributed by atoms with van der Waals surface area (Å²) in [6, 6.07) is 20.6. The van der Waals surface area contributed by atoms with Gasteiger partial charge in [-0.3, -0.25) is 4.79 Å². The number of ether oxygens (including phenoxy) is 2. The summed E-state index contributed by atoms with van der Waals surface area (Å²) in [4.78, 5) is 12.7. The van der Waals surface area contributed by atoms with Crippen molar-refractivity contribution < 1.29 is 22.7 Å². The van der Waals surface area contributed by atoms with E-state index in [4.69, 9.17) is 9.47 Å². The summed E-state index contributed by atoms with van der Waals surface area (Å²) in [7, 11) is -0.941. The van der Waals surface area contributed by atoms with Crippen LogP contribution >= 0.6 is 0 Å². The lowest BCUT2D eigenvalue weighted by molar-refractivity contribution is 0.0939. The van der Waals surface area contributed by atoms with E-state index >= 15 is 0 Å². The van der Waals surface area contributed by atoms with Crippen molar-refractivity contribution in [3.8, 4) is 11.5 Å². The molecule has 0 aliphatic heterocycles. The van der Waals surface area contributed by atoms with Crippen molar-refractivity contribution in [1.29, 1.82) is 0 Å². The van der Waals surface area contributed by atoms with Crippen molar-refractivity contribution >= 4 is 15.9 Å². The molecule has 0 radical (unpaired) electrons. The summed E-state index contributed by atoms with van der Waals surface area (Å²) in [6.07, 6.45) is 0. The number of amides is 1. The third kappa shape index (κ3) is 5.66. The van der Waals surface area contributed by atoms with E-state index < -0.39 is 15.9 Å². The quantitative estimate of drug-likeness (QED) is 0.515. The third-order valence-corrected chi connectivity index (χ3v) is 6.41. The molecule has 3 aromatic rings. The fourth-order valence-electron chi connectivity index (χ4n) is 3.14. The molecule has 3 rings (SSSR count). The molecule has 0 aliphatic rings. The number of benzene rings is 3. The minimum absolute atomic E-state index is 0.0966. The molecule has 1 unspecified atom stereocenters. The number of methoxy groups -OCH3 is 2. The van der Waals surface area contributed by atoms with Crippen LogP contribution in [0.25, 0.3) is 0 Å². The van der Waals surface area contributed by atoms with E-state index in [1.165, 1.54) is 25.3 Å². The van der Waals surface area contributed by atoms with Crippen molar-refractivity contribution in [3.63, 3.8) is 0 Å². The summed E-state index contributed by atoms with van der Waals surface area (Å²) in [5.74, 6) is 0.487. The molecule has 0 heterocycles. The first kappa shape index (κ1) is 23.3. The minimum Gasteiger partial charge on any atom is -0.497 e. The number of hydrogen-bond acceptors (Lipinski definition) is 5. The molecule has 0 aromatic heterocycles. The Morgan fingerprint density at radius 2 is 1.62 bits per heavy atom. The van der Waals surface area contributed by atoms with Gasteiger partial charge in [0, 0.05) is 12.1 Å². The predicted molar refractivity (Wildman–Crippen MR) is 122 cm³/mol. The van der Waals surface area contributed by atoms with Crippen LogP contribution in [0.2, 0.25) is 0 Å². The van der Waals surface area contributed by atoms with Crippen molar-refractivity contribution in [3.05, 3.63) is 89.5 Å². The fraction of sp³-hybridized carbons (Fsp3) is 0.208. The number of carbonyl (C=O) groups excluding carboxylic acids is 1. The average molecular weight is 455 g/mol. The van der Waals surface area contributed by atoms with E-state index in [0.29, 0.717) is 0 Å². The molecule has 3 aromatic carbocycles. The van der Waals surface area contributed by atoms with Gasteiger partial charge in [-0.2, -0.15) is 0 Å². The molecule has 2 N–H and O–H groups in total. The van der Waals surface area contributed by atoms with Gasteiger partial charge in [-0.05, 0) is 48.4 Å². The van der Waals surface area contributed by atoms with Crippen LogP contribution in [0.5, 0.6) is 11.5 Å². The Hall–Kier alpha value is -3.36. The predicted octanol–water partition coefficient (Wildman–Crippen LogP) is 3.67. The first-order chi connectivity index (χ1) is 15.3. The smallest absolute Gasteiger partial charge is 0.251 e. The average Bonchev–Trinajstić information content (AvgIpc) is 2.83. The van der Waals surface area contributed by atoms with Gasteiger partial charge in [0.25, 0.3) is 5.91 Å². The Labute approximate surface area is 188 Å². The molecule has 7 nitrogen and oxygen atoms in total. The zero-order valence-corrected chi connectivity index (χ0v) is 19.0. The second kappa shape index (κ2) is 10.3. The highest BCUT2D eigenvalue weighted by atomic mass is 32.2. The van der Waals surface area contributed by atoms with Crippen LogP contribution in [0.15, 0.2) is 77.7 Å². The molecular weight excluding hydrogens is 428 g/mol. The Bertz CT molecular complexity index is 1160. The van der Waals surface area contributed by atoms with Gasteiger partial charge in [0.1, 0.15) is 16.4 Å². The Morgan fingerprint density at radius 3 is 2.25 bits per heavy atom. The molecule has 0 spiro atoms. The zero-order valence-electron chi connectivity index (χ0n) is 18.2. The van der Waals surface area contributed by atoms with E-state index in [2.05, 4.69) is 10.0 Å². The van der Waals surface area contributed by atoms with Crippen LogP contribution in [0.4, 0.5) is 0 Å². The summed E-state index contributed by atoms with van der Waals surface area (Å²) in [5.41, 5.74) is 1.92. The van der Waals surface area contributed by atoms with Crippen molar-refractivity contribution in [1.82, 2.24) is 10.0 Å². The molecule has 168 valence electrons. The molecule has 1 atom stereocenters. The highest BCUT2D eigenvalue weighted by Gasteiger charge is 2.22. The lowest BCUT2D eigenvalue weighted by Crippen LogP contribution is -2.28. The van der Waals surface area contributed by atoms with Gasteiger partial charge < -0.3 is 14.8 Å². The molecule has 8 heteroatoms. The minimum atomic E-state index is -3.91. The van der Waals surface area contributed by atoms with E-state index in [9.17, 15) is 13.2 Å². The maximum Gasteiger partial charge on any atom is 0.251 e. The van der Waals surface area contributed by atoms with Gasteiger partial charge in [0.05, 0.1) is 20.3 Å². The lowest BCUT2D eigenvalue weighted by atomic mass is 10.1. The van der Waals surface area contributed by atoms with Crippen LogP contribution < -0.4 is 19.5 Å². The number of hydrogen-bond donors (Lipinski definition) is 2. The van der Waals surface area contributed by atoms with Crippen LogP contribution in [-0.4, -0.2) is 28.5 Å². The van der Waals surface area contributed by atoms with Gasteiger partial charge in [-0.15, -0.1) is 0 Å². The molecular formula is C24H26N2O5S. The normalized spacial score (nSPS) is 12.1. The van der Waals surface area contributed by atoms with E-state index in [1.807, 2.05) is 61.5 Å². The summed E-state index contributed by atoms with van der Waals surface area (Å²) in [5, 5.41) is 2.89. The molecule has 0 bridgehead atoms. The molecule has 32 heavy (non-hydrogen) atoms. The lowest BCUT2D eigenvalue weighted by Gasteiger charge is -2.16. The monoisotopic (exact) mass is 454 g/mol. The SMILES string of the molecule is COc1ccc(C(C)NC(=O)c2ccc(OC)c(S(=O)(=O)NCc3ccccc3)c2)cc1. The number of rotatable bonds is 9. The van der Waals surface area contributed by atoms with Crippen molar-refractivity contribution in [2.75, 3.05) is 14.2 Å². The maximum atomic E-state index is 12.9. The van der Waals surface area contributed by atoms with Gasteiger partial charge in [0.2, 0.25) is 10.0 Å². The first-order valence-corrected chi connectivity index (χ1v) is 11.5. The topological polar surface area (TPSA) is 93.7 Å². The molecule has 1 amide bonds. The molecule has 0 fully saturated rings. The van der Waals surface area contributed by atoms with Crippen LogP contribution in [0.1, 0.15) is 34.5 Å². The number of carbonyl (C=O) groups is 1. The molecule has 0 saturated carbocycles. The van der Waals surface area contributed by atoms with Crippen molar-refractivity contribution in [2.45, 2.75) is 24.4 Å². The standard InChI is InChI=1S/C24H26N2O5S/c1-17(19-9-12-21(30-2)13-10-19)26-24(27)20-11-14-22(31-3)23(15-20)32(28,29)25-16-18-7-5-4-6-8-18/h4-15,17,25H,16H2,1-3H3,(H,26,27). The largest absolute Gasteiger partial charge is 0.497 e. The Kier molecular flexibility index (Phi) is 7.50. The highest BCUT2D eigenvalue weighted by Crippen LogP contribution is 2.26. The van der Waals surface area contributed by atoms with Gasteiger partial charge in [0.15, 0.2) is 0 Å². The summed E-state index contributed by atoms with van der Waals surface area (Å²) < 4.78 is 38.8. The first-order valence-electron chi connectivity index (χ1n) is 10.0. The van der Waals surface area contributed by atoms with Crippen LogP contribution in [0.3, 0.4) is 0 Å². The second-order valence-electron chi connectivity index (χ2n) is 7.14. The van der Waals surface area contributed by atoms with Crippen LogP contribution in [-0.2, 0) is 16.6 Å². The van der Waals surface area contributed by atoms with E-state index in [-0.39, 0.29) is 28.8 Å². The zero-order chi connectivity index (χ0) is 23.1. The third-order valence-electron chi connectivity index (χ3n) is 4.99. The Balaban J connectivity index is 1.78. The number of nitrogens with one attached hydrogen (secondary N) is 2. The Morgan fingerprint density at radius 1 is 0.938 bits per heavy atom. The summed E-state index contributed by atoms with van der Waals surface area (Å²) in [6.45, 7) is 1.97. The summed E-state index contributed by atoms with van der Waals surface area (Å²) >= 11 is 0. The van der Waals surface area contributed by atoms with Crippen molar-refractivity contribution in [2.24, 2.45) is 0 Å². The molecule has 0 saturated heterocycles.